The van der Waals surface area contributed by atoms with Gasteiger partial charge in [-0.2, -0.15) is 0 Å². The van der Waals surface area contributed by atoms with E-state index in [9.17, 15) is 4.79 Å². The first-order valence-corrected chi connectivity index (χ1v) is 3.46. The summed E-state index contributed by atoms with van der Waals surface area (Å²) in [5, 5.41) is 8.35. The van der Waals surface area contributed by atoms with E-state index in [4.69, 9.17) is 5.11 Å². The van der Waals surface area contributed by atoms with Crippen LogP contribution in [0.25, 0.3) is 0 Å². The highest BCUT2D eigenvalue weighted by Crippen LogP contribution is 2.10. The van der Waals surface area contributed by atoms with E-state index in [1.165, 1.54) is 6.08 Å². The van der Waals surface area contributed by atoms with Crippen LogP contribution in [0.3, 0.4) is 0 Å². The van der Waals surface area contributed by atoms with Crippen LogP contribution in [0, 0.1) is 0 Å². The molecule has 0 spiro atoms. The van der Waals surface area contributed by atoms with Gasteiger partial charge >= 0.3 is 5.97 Å². The van der Waals surface area contributed by atoms with Crippen LogP contribution in [-0.4, -0.2) is 35.6 Å². The summed E-state index contributed by atoms with van der Waals surface area (Å²) in [7, 11) is 3.82. The number of nitrogens with zero attached hydrogens (tertiary/aromatic N) is 1. The highest BCUT2D eigenvalue weighted by molar-refractivity contribution is 5.79. The Balaban J connectivity index is 4.23. The second kappa shape index (κ2) is 3.53. The molecule has 3 heteroatoms. The average molecular weight is 157 g/mol. The van der Waals surface area contributed by atoms with Crippen molar-refractivity contribution in [3.63, 3.8) is 0 Å². The van der Waals surface area contributed by atoms with Crippen molar-refractivity contribution in [2.24, 2.45) is 0 Å². The van der Waals surface area contributed by atoms with E-state index in [1.54, 1.807) is 6.08 Å². The van der Waals surface area contributed by atoms with E-state index in [0.717, 1.165) is 0 Å². The molecule has 0 radical (unpaired) electrons. The van der Waals surface area contributed by atoms with Gasteiger partial charge in [-0.15, -0.1) is 0 Å². The first-order chi connectivity index (χ1) is 4.86. The molecule has 0 bridgehead atoms. The number of hydrogen-bond acceptors (Lipinski definition) is 2. The maximum Gasteiger partial charge on any atom is 0.328 e. The molecule has 1 N–H and O–H groups in total. The van der Waals surface area contributed by atoms with Gasteiger partial charge < -0.3 is 10.0 Å². The summed E-state index contributed by atoms with van der Waals surface area (Å²) in [5.41, 5.74) is -0.196. The number of hydrogen-bond donors (Lipinski definition) is 1. The molecule has 0 rings (SSSR count). The molecule has 0 aliphatic rings. The second-order valence-corrected chi connectivity index (χ2v) is 3.22. The number of rotatable bonds is 3. The van der Waals surface area contributed by atoms with Crippen molar-refractivity contribution in [3.05, 3.63) is 12.2 Å². The third kappa shape index (κ3) is 3.78. The van der Waals surface area contributed by atoms with Crippen LogP contribution >= 0.6 is 0 Å². The largest absolute Gasteiger partial charge is 0.478 e. The molecular formula is C8H15NO2. The fourth-order valence-electron chi connectivity index (χ4n) is 0.424. The summed E-state index contributed by atoms with van der Waals surface area (Å²) in [6.45, 7) is 3.90. The van der Waals surface area contributed by atoms with Crippen LogP contribution in [0.4, 0.5) is 0 Å². The van der Waals surface area contributed by atoms with Crippen molar-refractivity contribution < 1.29 is 9.90 Å². The molecule has 11 heavy (non-hydrogen) atoms. The molecule has 0 saturated carbocycles. The standard InChI is InChI=1S/C8H15NO2/c1-8(2,9(3)4)6-5-7(10)11/h5-6H,1-4H3,(H,10,11)/b6-5+. The van der Waals surface area contributed by atoms with Gasteiger partial charge in [0.1, 0.15) is 0 Å². The molecule has 0 aliphatic carbocycles. The topological polar surface area (TPSA) is 40.5 Å². The van der Waals surface area contributed by atoms with Gasteiger partial charge in [0.25, 0.3) is 0 Å². The van der Waals surface area contributed by atoms with E-state index in [1.807, 2.05) is 32.8 Å². The first kappa shape index (κ1) is 10.2. The first-order valence-electron chi connectivity index (χ1n) is 3.46. The van der Waals surface area contributed by atoms with Crippen molar-refractivity contribution in [1.29, 1.82) is 0 Å². The van der Waals surface area contributed by atoms with E-state index in [-0.39, 0.29) is 5.54 Å². The lowest BCUT2D eigenvalue weighted by Gasteiger charge is -2.28. The number of aliphatic carboxylic acids is 1. The van der Waals surface area contributed by atoms with Crippen LogP contribution in [0.15, 0.2) is 12.2 Å². The van der Waals surface area contributed by atoms with Gasteiger partial charge in [-0.3, -0.25) is 0 Å². The summed E-state index contributed by atoms with van der Waals surface area (Å²) in [6, 6.07) is 0. The van der Waals surface area contributed by atoms with Crippen LogP contribution in [0.2, 0.25) is 0 Å². The van der Waals surface area contributed by atoms with Crippen molar-refractivity contribution in [1.82, 2.24) is 4.90 Å². The summed E-state index contributed by atoms with van der Waals surface area (Å²) < 4.78 is 0. The minimum absolute atomic E-state index is 0.196. The Morgan fingerprint density at radius 2 is 1.91 bits per heavy atom. The Morgan fingerprint density at radius 3 is 2.18 bits per heavy atom. The second-order valence-electron chi connectivity index (χ2n) is 3.22. The van der Waals surface area contributed by atoms with E-state index < -0.39 is 5.97 Å². The number of likely N-dealkylation sites (N-methyl/N-ethyl adjacent to an activating group) is 1. The third-order valence-electron chi connectivity index (χ3n) is 1.79. The molecule has 0 aliphatic heterocycles. The Hall–Kier alpha value is -0.830. The smallest absolute Gasteiger partial charge is 0.328 e. The van der Waals surface area contributed by atoms with Crippen LogP contribution in [0.5, 0.6) is 0 Å². The maximum absolute atomic E-state index is 10.2. The molecule has 0 unspecified atom stereocenters. The van der Waals surface area contributed by atoms with Crippen LogP contribution < -0.4 is 0 Å². The molecule has 0 atom stereocenters. The van der Waals surface area contributed by atoms with Gasteiger partial charge in [0, 0.05) is 11.6 Å². The number of carboxylic acid groups (broad SMARTS) is 1. The summed E-state index contributed by atoms with van der Waals surface area (Å²) in [6.07, 6.45) is 2.83. The SMILES string of the molecule is CN(C)C(C)(C)/C=C/C(=O)O. The zero-order valence-electron chi connectivity index (χ0n) is 7.46. The van der Waals surface area contributed by atoms with Crippen molar-refractivity contribution in [3.8, 4) is 0 Å². The van der Waals surface area contributed by atoms with Gasteiger partial charge in [0.15, 0.2) is 0 Å². The molecule has 0 saturated heterocycles. The minimum atomic E-state index is -0.903. The molecule has 0 aromatic carbocycles. The zero-order chi connectivity index (χ0) is 9.07. The molecular weight excluding hydrogens is 142 g/mol. The predicted molar refractivity (Wildman–Crippen MR) is 44.5 cm³/mol. The highest BCUT2D eigenvalue weighted by atomic mass is 16.4. The minimum Gasteiger partial charge on any atom is -0.478 e. The Bertz CT molecular complexity index is 171. The molecule has 0 fully saturated rings. The molecule has 0 heterocycles. The quantitative estimate of drug-likeness (QED) is 0.620. The van der Waals surface area contributed by atoms with Gasteiger partial charge in [0.05, 0.1) is 0 Å². The zero-order valence-corrected chi connectivity index (χ0v) is 7.46. The Morgan fingerprint density at radius 1 is 1.45 bits per heavy atom. The van der Waals surface area contributed by atoms with Gasteiger partial charge in [-0.05, 0) is 27.9 Å². The third-order valence-corrected chi connectivity index (χ3v) is 1.79. The van der Waals surface area contributed by atoms with E-state index in [0.29, 0.717) is 0 Å². The molecule has 0 aromatic rings. The summed E-state index contributed by atoms with van der Waals surface area (Å²) in [5.74, 6) is -0.903. The normalized spacial score (nSPS) is 12.8. The van der Waals surface area contributed by atoms with Crippen molar-refractivity contribution in [2.75, 3.05) is 14.1 Å². The monoisotopic (exact) mass is 157 g/mol. The van der Waals surface area contributed by atoms with Crippen LogP contribution in [0.1, 0.15) is 13.8 Å². The van der Waals surface area contributed by atoms with Gasteiger partial charge in [-0.1, -0.05) is 6.08 Å². The predicted octanol–water partition coefficient (Wildman–Crippen LogP) is 0.967. The van der Waals surface area contributed by atoms with Crippen molar-refractivity contribution >= 4 is 5.97 Å². The molecule has 0 amide bonds. The van der Waals surface area contributed by atoms with Gasteiger partial charge in [-0.25, -0.2) is 4.79 Å². The fourth-order valence-corrected chi connectivity index (χ4v) is 0.424. The molecule has 3 nitrogen and oxygen atoms in total. The lowest BCUT2D eigenvalue weighted by atomic mass is 10.0. The average Bonchev–Trinajstić information content (AvgIpc) is 1.84. The lowest BCUT2D eigenvalue weighted by Crippen LogP contribution is -2.35. The summed E-state index contributed by atoms with van der Waals surface area (Å²) >= 11 is 0. The Labute approximate surface area is 67.3 Å². The fraction of sp³-hybridized carbons (Fsp3) is 0.625. The molecule has 64 valence electrons. The van der Waals surface area contributed by atoms with E-state index in [2.05, 4.69) is 0 Å². The van der Waals surface area contributed by atoms with Crippen molar-refractivity contribution in [2.45, 2.75) is 19.4 Å². The number of carbonyl (C=O) groups is 1. The lowest BCUT2D eigenvalue weighted by molar-refractivity contribution is -0.131. The maximum atomic E-state index is 10.2. The van der Waals surface area contributed by atoms with Gasteiger partial charge in [0.2, 0.25) is 0 Å². The number of carboxylic acids is 1. The Kier molecular flexibility index (Phi) is 3.26. The van der Waals surface area contributed by atoms with Crippen LogP contribution in [-0.2, 0) is 4.79 Å². The summed E-state index contributed by atoms with van der Waals surface area (Å²) in [4.78, 5) is 12.1. The molecule has 0 aromatic heterocycles. The van der Waals surface area contributed by atoms with E-state index >= 15 is 0 Å². The highest BCUT2D eigenvalue weighted by Gasteiger charge is 2.15.